The Morgan fingerprint density at radius 2 is 2.07 bits per heavy atom. The van der Waals surface area contributed by atoms with Gasteiger partial charge in [-0.25, -0.2) is 0 Å². The van der Waals surface area contributed by atoms with Crippen molar-refractivity contribution in [2.75, 3.05) is 19.7 Å². The summed E-state index contributed by atoms with van der Waals surface area (Å²) >= 11 is 0. The van der Waals surface area contributed by atoms with Gasteiger partial charge in [-0.05, 0) is 37.8 Å². The maximum Gasteiger partial charge on any atom is 0.310 e. The topological polar surface area (TPSA) is 82.7 Å². The number of rotatable bonds is 5. The van der Waals surface area contributed by atoms with E-state index in [-0.39, 0.29) is 23.7 Å². The van der Waals surface area contributed by atoms with Gasteiger partial charge in [0.05, 0.1) is 12.5 Å². The maximum atomic E-state index is 13.2. The number of carbonyl (C=O) groups excluding carboxylic acids is 3. The van der Waals surface area contributed by atoms with Crippen molar-refractivity contribution in [3.8, 4) is 0 Å². The summed E-state index contributed by atoms with van der Waals surface area (Å²) in [6.07, 6.45) is 4.34. The summed E-state index contributed by atoms with van der Waals surface area (Å²) in [5.41, 5.74) is 2.03. The van der Waals surface area contributed by atoms with Gasteiger partial charge in [-0.2, -0.15) is 0 Å². The maximum absolute atomic E-state index is 13.2. The first-order valence-corrected chi connectivity index (χ1v) is 10.4. The van der Waals surface area contributed by atoms with Crippen LogP contribution in [0.15, 0.2) is 30.5 Å². The number of carbonyl (C=O) groups is 3. The third-order valence-corrected chi connectivity index (χ3v) is 5.98. The van der Waals surface area contributed by atoms with E-state index in [2.05, 4.69) is 4.98 Å². The summed E-state index contributed by atoms with van der Waals surface area (Å²) in [5.74, 6) is -0.549. The molecule has 0 spiro atoms. The Morgan fingerprint density at radius 1 is 1.24 bits per heavy atom. The number of aromatic amines is 1. The lowest BCUT2D eigenvalue weighted by atomic mass is 9.97. The first-order valence-electron chi connectivity index (χ1n) is 10.4. The van der Waals surface area contributed by atoms with Crippen LogP contribution in [0.4, 0.5) is 0 Å². The van der Waals surface area contributed by atoms with E-state index in [1.165, 1.54) is 0 Å². The Bertz CT molecular complexity index is 922. The monoisotopic (exact) mass is 397 g/mol. The van der Waals surface area contributed by atoms with Crippen LogP contribution in [0.2, 0.25) is 0 Å². The van der Waals surface area contributed by atoms with E-state index >= 15 is 0 Å². The zero-order chi connectivity index (χ0) is 20.4. The second-order valence-electron chi connectivity index (χ2n) is 7.81. The molecule has 2 atom stereocenters. The SMILES string of the molecule is CCOC(=O)C1CCCN(C(=O)C2CCC(=O)N2Cc2c[nH]c3ccccc23)C1. The zero-order valence-electron chi connectivity index (χ0n) is 16.7. The van der Waals surface area contributed by atoms with Crippen LogP contribution in [0.25, 0.3) is 10.9 Å². The fraction of sp³-hybridized carbons (Fsp3) is 0.500. The summed E-state index contributed by atoms with van der Waals surface area (Å²) in [4.78, 5) is 44.6. The van der Waals surface area contributed by atoms with Crippen molar-refractivity contribution in [2.45, 2.75) is 45.2 Å². The predicted octanol–water partition coefficient (Wildman–Crippen LogP) is 2.46. The first-order chi connectivity index (χ1) is 14.1. The average Bonchev–Trinajstić information content (AvgIpc) is 3.32. The summed E-state index contributed by atoms with van der Waals surface area (Å²) < 4.78 is 5.14. The van der Waals surface area contributed by atoms with Gasteiger partial charge in [0.2, 0.25) is 11.8 Å². The quantitative estimate of drug-likeness (QED) is 0.786. The van der Waals surface area contributed by atoms with Crippen molar-refractivity contribution in [3.63, 3.8) is 0 Å². The van der Waals surface area contributed by atoms with Crippen molar-refractivity contribution in [1.82, 2.24) is 14.8 Å². The van der Waals surface area contributed by atoms with Crippen LogP contribution in [0.1, 0.15) is 38.2 Å². The molecule has 0 aliphatic carbocycles. The predicted molar refractivity (Wildman–Crippen MR) is 108 cm³/mol. The highest BCUT2D eigenvalue weighted by Gasteiger charge is 2.40. The van der Waals surface area contributed by atoms with Gasteiger partial charge in [-0.15, -0.1) is 0 Å². The minimum Gasteiger partial charge on any atom is -0.466 e. The number of aromatic nitrogens is 1. The number of nitrogens with zero attached hydrogens (tertiary/aromatic N) is 2. The Balaban J connectivity index is 1.48. The van der Waals surface area contributed by atoms with Gasteiger partial charge in [-0.1, -0.05) is 18.2 Å². The summed E-state index contributed by atoms with van der Waals surface area (Å²) in [7, 11) is 0. The number of hydrogen-bond acceptors (Lipinski definition) is 4. The molecule has 7 heteroatoms. The number of piperidine rings is 1. The second-order valence-corrected chi connectivity index (χ2v) is 7.81. The van der Waals surface area contributed by atoms with Gasteiger partial charge in [-0.3, -0.25) is 14.4 Å². The number of amides is 2. The molecule has 2 saturated heterocycles. The average molecular weight is 397 g/mol. The van der Waals surface area contributed by atoms with E-state index in [0.717, 1.165) is 29.3 Å². The number of benzene rings is 1. The summed E-state index contributed by atoms with van der Waals surface area (Å²) in [6.45, 7) is 3.55. The minimum absolute atomic E-state index is 0.00702. The van der Waals surface area contributed by atoms with Crippen molar-refractivity contribution < 1.29 is 19.1 Å². The molecular formula is C22H27N3O4. The van der Waals surface area contributed by atoms with Crippen LogP contribution in [0.3, 0.4) is 0 Å². The number of fused-ring (bicyclic) bond motifs is 1. The third kappa shape index (κ3) is 3.86. The standard InChI is InChI=1S/C22H27N3O4/c1-2-29-22(28)15-6-5-11-24(13-15)21(27)19-9-10-20(26)25(19)14-16-12-23-18-8-4-3-7-17(16)18/h3-4,7-8,12,15,19,23H,2,5-6,9-11,13-14H2,1H3. The van der Waals surface area contributed by atoms with Crippen LogP contribution in [-0.2, 0) is 25.7 Å². The van der Waals surface area contributed by atoms with Crippen LogP contribution in [-0.4, -0.2) is 58.3 Å². The summed E-state index contributed by atoms with van der Waals surface area (Å²) in [5, 5.41) is 1.07. The highest BCUT2D eigenvalue weighted by molar-refractivity contribution is 5.92. The van der Waals surface area contributed by atoms with E-state index in [1.54, 1.807) is 16.7 Å². The highest BCUT2D eigenvalue weighted by atomic mass is 16.5. The van der Waals surface area contributed by atoms with Crippen molar-refractivity contribution >= 4 is 28.7 Å². The van der Waals surface area contributed by atoms with Gasteiger partial charge in [0.15, 0.2) is 0 Å². The van der Waals surface area contributed by atoms with Crippen LogP contribution in [0, 0.1) is 5.92 Å². The molecule has 2 unspecified atom stereocenters. The Hall–Kier alpha value is -2.83. The molecule has 2 fully saturated rings. The Kier molecular flexibility index (Phi) is 5.56. The first kappa shape index (κ1) is 19.5. The molecule has 0 radical (unpaired) electrons. The number of hydrogen-bond donors (Lipinski definition) is 1. The fourth-order valence-corrected chi connectivity index (χ4v) is 4.48. The number of esters is 1. The molecule has 154 valence electrons. The molecule has 2 aromatic rings. The summed E-state index contributed by atoms with van der Waals surface area (Å²) in [6, 6.07) is 7.49. The van der Waals surface area contributed by atoms with E-state index in [0.29, 0.717) is 39.1 Å². The van der Waals surface area contributed by atoms with Crippen molar-refractivity contribution in [1.29, 1.82) is 0 Å². The highest BCUT2D eigenvalue weighted by Crippen LogP contribution is 2.28. The minimum atomic E-state index is -0.461. The second kappa shape index (κ2) is 8.27. The van der Waals surface area contributed by atoms with E-state index in [9.17, 15) is 14.4 Å². The van der Waals surface area contributed by atoms with E-state index in [4.69, 9.17) is 4.74 Å². The molecule has 7 nitrogen and oxygen atoms in total. The molecule has 3 heterocycles. The van der Waals surface area contributed by atoms with Crippen LogP contribution < -0.4 is 0 Å². The molecule has 2 aliphatic rings. The number of likely N-dealkylation sites (tertiary alicyclic amines) is 2. The zero-order valence-corrected chi connectivity index (χ0v) is 16.7. The molecule has 4 rings (SSSR count). The molecule has 1 N–H and O–H groups in total. The van der Waals surface area contributed by atoms with Crippen LogP contribution >= 0.6 is 0 Å². The number of nitrogens with one attached hydrogen (secondary N) is 1. The number of H-pyrrole nitrogens is 1. The van der Waals surface area contributed by atoms with Gasteiger partial charge < -0.3 is 19.5 Å². The van der Waals surface area contributed by atoms with Crippen molar-refractivity contribution in [3.05, 3.63) is 36.0 Å². The molecular weight excluding hydrogens is 370 g/mol. The molecule has 0 bridgehead atoms. The lowest BCUT2D eigenvalue weighted by molar-refractivity contribution is -0.152. The third-order valence-electron chi connectivity index (χ3n) is 5.98. The Morgan fingerprint density at radius 3 is 2.90 bits per heavy atom. The van der Waals surface area contributed by atoms with E-state index in [1.807, 2.05) is 30.5 Å². The van der Waals surface area contributed by atoms with Crippen molar-refractivity contribution in [2.24, 2.45) is 5.92 Å². The fourth-order valence-electron chi connectivity index (χ4n) is 4.48. The smallest absolute Gasteiger partial charge is 0.310 e. The van der Waals surface area contributed by atoms with Gasteiger partial charge in [0, 0.05) is 43.2 Å². The van der Waals surface area contributed by atoms with Gasteiger partial charge >= 0.3 is 5.97 Å². The van der Waals surface area contributed by atoms with Gasteiger partial charge in [0.1, 0.15) is 6.04 Å². The molecule has 2 aliphatic heterocycles. The molecule has 29 heavy (non-hydrogen) atoms. The van der Waals surface area contributed by atoms with Gasteiger partial charge in [0.25, 0.3) is 0 Å². The molecule has 1 aromatic carbocycles. The lowest BCUT2D eigenvalue weighted by Gasteiger charge is -2.35. The van der Waals surface area contributed by atoms with E-state index < -0.39 is 6.04 Å². The normalized spacial score (nSPS) is 22.3. The number of ether oxygens (including phenoxy) is 1. The molecule has 0 saturated carbocycles. The largest absolute Gasteiger partial charge is 0.466 e. The molecule has 1 aromatic heterocycles. The van der Waals surface area contributed by atoms with Crippen LogP contribution in [0.5, 0.6) is 0 Å². The lowest BCUT2D eigenvalue weighted by Crippen LogP contribution is -2.50. The number of para-hydroxylation sites is 1. The Labute approximate surface area is 170 Å². The molecule has 2 amide bonds.